The second-order valence-corrected chi connectivity index (χ2v) is 32.4. The van der Waals surface area contributed by atoms with Gasteiger partial charge in [0.2, 0.25) is 20.1 Å². The average Bonchev–Trinajstić information content (AvgIpc) is 1.53. The maximum Gasteiger partial charge on any atom is 0.244 e. The first-order valence-corrected chi connectivity index (χ1v) is 40.0. The monoisotopic (exact) mass is 1450 g/mol. The molecule has 0 amide bonds. The molecule has 0 unspecified atom stereocenters. The van der Waals surface area contributed by atoms with Crippen molar-refractivity contribution >= 4 is 147 Å². The minimum atomic E-state index is 0.0515. The van der Waals surface area contributed by atoms with E-state index in [1.165, 1.54) is 187 Å². The van der Waals surface area contributed by atoms with Gasteiger partial charge in [0.25, 0.3) is 0 Å². The number of rotatable bonds is 8. The molecule has 19 aromatic rings. The quantitative estimate of drug-likeness (QED) is 0.141. The van der Waals surface area contributed by atoms with Crippen LogP contribution in [0.4, 0.5) is 34.1 Å². The first kappa shape index (κ1) is 65.9. The summed E-state index contributed by atoms with van der Waals surface area (Å²) in [6.07, 6.45) is 0. The van der Waals surface area contributed by atoms with Gasteiger partial charge in [0.1, 0.15) is 11.2 Å². The van der Waals surface area contributed by atoms with E-state index in [-0.39, 0.29) is 18.8 Å². The number of nitrogens with zero attached hydrogens (tertiary/aromatic N) is 2. The molecule has 0 N–H and O–H groups in total. The van der Waals surface area contributed by atoms with Crippen molar-refractivity contribution in [1.29, 1.82) is 0 Å². The Morgan fingerprint density at radius 2 is 0.632 bits per heavy atom. The van der Waals surface area contributed by atoms with Gasteiger partial charge >= 0.3 is 0 Å². The first-order chi connectivity index (χ1) is 56.2. The molecule has 1 aromatic heterocycles. The van der Waals surface area contributed by atoms with Gasteiger partial charge in [0.15, 0.2) is 0 Å². The highest BCUT2D eigenvalue weighted by atomic mass is 16.3. The van der Waals surface area contributed by atoms with Crippen molar-refractivity contribution in [2.24, 2.45) is 0 Å². The van der Waals surface area contributed by atoms with Gasteiger partial charge in [0, 0.05) is 44.9 Å². The number of benzene rings is 18. The van der Waals surface area contributed by atoms with Gasteiger partial charge in [-0.2, -0.15) is 0 Å². The van der Waals surface area contributed by atoms with Crippen LogP contribution in [0.3, 0.4) is 0 Å². The molecule has 530 valence electrons. The molecule has 6 aliphatic rings. The molecule has 0 aliphatic carbocycles. The van der Waals surface area contributed by atoms with E-state index < -0.39 is 0 Å². The summed E-state index contributed by atoms with van der Waals surface area (Å²) in [6.45, 7) is 7.79. The summed E-state index contributed by atoms with van der Waals surface area (Å²) < 4.78 is 6.31. The number of fused-ring (bicyclic) bond motifs is 25. The van der Waals surface area contributed by atoms with Gasteiger partial charge in [-0.3, -0.25) is 0 Å². The van der Waals surface area contributed by atoms with E-state index >= 15 is 0 Å². The van der Waals surface area contributed by atoms with E-state index in [0.29, 0.717) is 6.71 Å². The van der Waals surface area contributed by atoms with E-state index in [1.54, 1.807) is 0 Å². The van der Waals surface area contributed by atoms with E-state index in [4.69, 9.17) is 4.42 Å². The molecule has 0 saturated carbocycles. The van der Waals surface area contributed by atoms with Crippen LogP contribution >= 0.6 is 0 Å². The Balaban J connectivity index is 0.000000102. The molecule has 25 rings (SSSR count). The predicted molar refractivity (Wildman–Crippen MR) is 487 cm³/mol. The lowest BCUT2D eigenvalue weighted by Gasteiger charge is -2.26. The molecule has 18 aromatic carbocycles. The lowest BCUT2D eigenvalue weighted by molar-refractivity contribution is 0.591. The lowest BCUT2D eigenvalue weighted by Crippen LogP contribution is -2.45. The Morgan fingerprint density at radius 3 is 1.19 bits per heavy atom. The fraction of sp³-hybridized carbons (Fsp3) is 0.0370. The second-order valence-electron chi connectivity index (χ2n) is 32.4. The molecule has 0 spiro atoms. The number of hydrogen-bond acceptors (Lipinski definition) is 3. The van der Waals surface area contributed by atoms with Gasteiger partial charge in [-0.05, 0) is 231 Å². The topological polar surface area (TPSA) is 19.6 Å². The van der Waals surface area contributed by atoms with E-state index in [0.717, 1.165) is 33.9 Å². The summed E-state index contributed by atoms with van der Waals surface area (Å²) >= 11 is 0. The summed E-state index contributed by atoms with van der Waals surface area (Å²) in [7, 11) is 0. The second kappa shape index (κ2) is 25.8. The zero-order chi connectivity index (χ0) is 75.4. The Bertz CT molecular complexity index is 7080. The van der Waals surface area contributed by atoms with Crippen molar-refractivity contribution < 1.29 is 4.42 Å². The average molecular weight is 1450 g/mol. The fourth-order valence-corrected chi connectivity index (χ4v) is 20.1. The first-order valence-electron chi connectivity index (χ1n) is 40.0. The normalized spacial score (nSPS) is 12.6. The van der Waals surface area contributed by atoms with Crippen molar-refractivity contribution in [3.05, 3.63) is 394 Å². The van der Waals surface area contributed by atoms with Crippen LogP contribution in [0.25, 0.3) is 132 Å². The van der Waals surface area contributed by atoms with Crippen molar-refractivity contribution in [3.63, 3.8) is 0 Å². The zero-order valence-corrected chi connectivity index (χ0v) is 63.5. The molecule has 7 heterocycles. The largest absolute Gasteiger partial charge is 0.456 e. The Labute approximate surface area is 665 Å². The number of anilines is 6. The van der Waals surface area contributed by atoms with Gasteiger partial charge in [-0.15, -0.1) is 0 Å². The molecule has 0 saturated heterocycles. The van der Waals surface area contributed by atoms with Crippen molar-refractivity contribution in [1.82, 2.24) is 0 Å². The third-order valence-corrected chi connectivity index (χ3v) is 25.1. The van der Waals surface area contributed by atoms with Crippen LogP contribution in [-0.4, -0.2) is 20.1 Å². The summed E-state index contributed by atoms with van der Waals surface area (Å²) in [4.78, 5) is 4.72. The predicted octanol–water partition coefficient (Wildman–Crippen LogP) is 22.3. The number of hydrogen-bond donors (Lipinski definition) is 0. The van der Waals surface area contributed by atoms with E-state index in [1.807, 2.05) is 0 Å². The SMILES string of the molecule is CC(C)(C)c1cc2c3c(c1)-c1c(ccc4oc5ccccc5c14)B3c1ccc(-c3ccccc3)cc1-2.c1ccc(-c2ccc3c(c2)-c2cc4ccccc4c4c2B3c2ccc(N(c3ccccc3)c3ccccc3)cc2-4)cc1.c1ccc(N(c2ccccc2)c2ccc3c(c2)-c2cccc4c2B3c2cc3ccccc3cc2-4)cc1. The molecular formula is C108H73B3N2O. The standard InChI is InChI=1S/C40H26BN.C34H22BN.C34H25BO/c1-4-12-27(13-5-1)28-20-22-37-34(24-28)35-25-29-14-10-11-19-33(29)39-36-26-32(21-23-38(36)41(37)40(35)39)42(30-15-6-2-7-16-30)31-17-8-3-9-18-31;1-3-12-25(13-4-1)36(26-14-5-2-6-15-26)27-18-19-32-31(22-27)29-17-9-16-28-30-20-23-10-7-8-11-24(23)21-33(30)35(32)34(28)29;1-34(2,3)22-18-25-24-17-21(20-9-5-4-6-10-20)13-14-27(24)35-28-15-16-30-32(31(28)26(19-22)33(25)35)23-11-7-8-12-29(23)36-30/h1-26H;1-22H;4-19H,1-3H3. The van der Waals surface area contributed by atoms with Crippen LogP contribution in [0.15, 0.2) is 393 Å². The fourth-order valence-electron chi connectivity index (χ4n) is 20.1. The molecule has 6 aliphatic heterocycles. The molecular weight excluding hydrogens is 1370 g/mol. The van der Waals surface area contributed by atoms with Gasteiger partial charge < -0.3 is 14.2 Å². The Kier molecular flexibility index (Phi) is 14.9. The van der Waals surface area contributed by atoms with Crippen LogP contribution in [0, 0.1) is 0 Å². The van der Waals surface area contributed by atoms with Crippen LogP contribution < -0.4 is 59.0 Å². The molecule has 0 atom stereocenters. The Hall–Kier alpha value is -13.9. The maximum atomic E-state index is 6.31. The molecule has 0 bridgehead atoms. The molecule has 114 heavy (non-hydrogen) atoms. The summed E-state index contributed by atoms with van der Waals surface area (Å²) in [6, 6.07) is 142. The summed E-state index contributed by atoms with van der Waals surface area (Å²) in [5.41, 5.74) is 44.8. The summed E-state index contributed by atoms with van der Waals surface area (Å²) in [5.74, 6) is 0. The van der Waals surface area contributed by atoms with Crippen molar-refractivity contribution in [2.45, 2.75) is 26.2 Å². The van der Waals surface area contributed by atoms with Crippen LogP contribution in [0.2, 0.25) is 0 Å². The minimum absolute atomic E-state index is 0.0515. The highest BCUT2D eigenvalue weighted by molar-refractivity contribution is 7.04. The highest BCUT2D eigenvalue weighted by Gasteiger charge is 2.47. The molecule has 6 heteroatoms. The highest BCUT2D eigenvalue weighted by Crippen LogP contribution is 2.48. The molecule has 3 nitrogen and oxygen atoms in total. The van der Waals surface area contributed by atoms with Crippen molar-refractivity contribution in [2.75, 3.05) is 9.80 Å². The zero-order valence-electron chi connectivity index (χ0n) is 63.5. The third kappa shape index (κ3) is 10.3. The Morgan fingerprint density at radius 1 is 0.228 bits per heavy atom. The van der Waals surface area contributed by atoms with Gasteiger partial charge in [0.05, 0.1) is 0 Å². The number of para-hydroxylation sites is 5. The van der Waals surface area contributed by atoms with Crippen LogP contribution in [-0.2, 0) is 5.41 Å². The van der Waals surface area contributed by atoms with E-state index in [9.17, 15) is 0 Å². The van der Waals surface area contributed by atoms with Gasteiger partial charge in [-0.1, -0.05) is 349 Å². The van der Waals surface area contributed by atoms with E-state index in [2.05, 4.69) is 419 Å². The molecule has 0 fully saturated rings. The smallest absolute Gasteiger partial charge is 0.244 e. The number of furan rings is 1. The van der Waals surface area contributed by atoms with Crippen LogP contribution in [0.1, 0.15) is 26.3 Å². The lowest BCUT2D eigenvalue weighted by atomic mass is 9.41. The molecule has 0 radical (unpaired) electrons. The minimum Gasteiger partial charge on any atom is -0.456 e. The van der Waals surface area contributed by atoms with Gasteiger partial charge in [-0.25, -0.2) is 0 Å². The summed E-state index contributed by atoms with van der Waals surface area (Å²) in [5, 5.41) is 7.72. The third-order valence-electron chi connectivity index (χ3n) is 25.1. The maximum absolute atomic E-state index is 6.31. The van der Waals surface area contributed by atoms with Crippen LogP contribution in [0.5, 0.6) is 0 Å². The van der Waals surface area contributed by atoms with Crippen molar-refractivity contribution in [3.8, 4) is 89.0 Å².